The zero-order chi connectivity index (χ0) is 23.6. The Labute approximate surface area is 191 Å². The maximum Gasteiger partial charge on any atom is 0.295 e. The van der Waals surface area contributed by atoms with Crippen LogP contribution in [0.3, 0.4) is 0 Å². The maximum atomic E-state index is 13.2. The number of rotatable bonds is 7. The van der Waals surface area contributed by atoms with Gasteiger partial charge in [-0.1, -0.05) is 55.8 Å². The Bertz CT molecular complexity index is 1040. The second kappa shape index (κ2) is 9.70. The van der Waals surface area contributed by atoms with E-state index in [0.29, 0.717) is 18.0 Å². The summed E-state index contributed by atoms with van der Waals surface area (Å²) in [5, 5.41) is 11.3. The number of carbonyl (C=O) groups excluding carboxylic acids is 2. The lowest BCUT2D eigenvalue weighted by molar-refractivity contribution is -0.139. The molecule has 0 aliphatic carbocycles. The van der Waals surface area contributed by atoms with Gasteiger partial charge in [0.2, 0.25) is 0 Å². The molecule has 2 aromatic rings. The van der Waals surface area contributed by atoms with Crippen LogP contribution in [-0.4, -0.2) is 53.8 Å². The molecule has 0 radical (unpaired) electrons. The minimum atomic E-state index is -0.619. The molecule has 5 nitrogen and oxygen atoms in total. The first kappa shape index (κ1) is 23.7. The Morgan fingerprint density at radius 3 is 2.31 bits per heavy atom. The van der Waals surface area contributed by atoms with Crippen LogP contribution in [0.4, 0.5) is 0 Å². The second-order valence-electron chi connectivity index (χ2n) is 9.29. The molecule has 1 saturated heterocycles. The molecule has 1 aliphatic heterocycles. The Morgan fingerprint density at radius 1 is 1.06 bits per heavy atom. The summed E-state index contributed by atoms with van der Waals surface area (Å²) >= 11 is 0. The number of ketones is 1. The van der Waals surface area contributed by atoms with Gasteiger partial charge in [0.15, 0.2) is 0 Å². The first-order chi connectivity index (χ1) is 15.1. The first-order valence-electron chi connectivity index (χ1n) is 11.2. The SMILES string of the molecule is Cc1ccc(C)c(/C(O)=C2\C(=O)C(=O)N(CCCN(C)C)C2c2ccc(C(C)C)cc2)c1. The van der Waals surface area contributed by atoms with Crippen molar-refractivity contribution in [3.05, 3.63) is 75.9 Å². The van der Waals surface area contributed by atoms with Crippen LogP contribution in [0.15, 0.2) is 48.0 Å². The van der Waals surface area contributed by atoms with Crippen LogP contribution in [0.2, 0.25) is 0 Å². The molecule has 5 heteroatoms. The molecule has 1 fully saturated rings. The van der Waals surface area contributed by atoms with E-state index in [1.807, 2.05) is 70.4 Å². The van der Waals surface area contributed by atoms with Crippen molar-refractivity contribution >= 4 is 17.4 Å². The normalized spacial score (nSPS) is 18.2. The molecule has 32 heavy (non-hydrogen) atoms. The van der Waals surface area contributed by atoms with E-state index in [4.69, 9.17) is 0 Å². The van der Waals surface area contributed by atoms with Gasteiger partial charge in [0.1, 0.15) is 5.76 Å². The van der Waals surface area contributed by atoms with Crippen molar-refractivity contribution in [1.82, 2.24) is 9.80 Å². The van der Waals surface area contributed by atoms with Crippen LogP contribution in [0, 0.1) is 13.8 Å². The van der Waals surface area contributed by atoms with E-state index in [-0.39, 0.29) is 11.3 Å². The monoisotopic (exact) mass is 434 g/mol. The third kappa shape index (κ3) is 4.78. The van der Waals surface area contributed by atoms with Gasteiger partial charge in [0.25, 0.3) is 11.7 Å². The minimum absolute atomic E-state index is 0.0994. The summed E-state index contributed by atoms with van der Waals surface area (Å²) in [6.45, 7) is 9.35. The molecular formula is C27H34N2O3. The summed E-state index contributed by atoms with van der Waals surface area (Å²) in [5.74, 6) is -0.886. The van der Waals surface area contributed by atoms with Gasteiger partial charge in [-0.3, -0.25) is 9.59 Å². The average molecular weight is 435 g/mol. The topological polar surface area (TPSA) is 60.9 Å². The van der Waals surface area contributed by atoms with Crippen molar-refractivity contribution in [3.8, 4) is 0 Å². The van der Waals surface area contributed by atoms with Gasteiger partial charge in [0, 0.05) is 12.1 Å². The van der Waals surface area contributed by atoms with Crippen LogP contribution in [0.25, 0.3) is 5.76 Å². The molecule has 1 heterocycles. The number of hydrogen-bond donors (Lipinski definition) is 1. The number of hydrogen-bond acceptors (Lipinski definition) is 4. The first-order valence-corrected chi connectivity index (χ1v) is 11.2. The third-order valence-electron chi connectivity index (χ3n) is 6.11. The van der Waals surface area contributed by atoms with E-state index < -0.39 is 17.7 Å². The van der Waals surface area contributed by atoms with Crippen molar-refractivity contribution < 1.29 is 14.7 Å². The predicted octanol–water partition coefficient (Wildman–Crippen LogP) is 4.80. The largest absolute Gasteiger partial charge is 0.507 e. The number of Topliss-reactive ketones (excluding diaryl/α,β-unsaturated/α-hetero) is 1. The zero-order valence-corrected chi connectivity index (χ0v) is 20.0. The lowest BCUT2D eigenvalue weighted by atomic mass is 9.92. The fourth-order valence-corrected chi connectivity index (χ4v) is 4.21. The predicted molar refractivity (Wildman–Crippen MR) is 129 cm³/mol. The summed E-state index contributed by atoms with van der Waals surface area (Å²) in [5.41, 5.74) is 4.64. The van der Waals surface area contributed by atoms with E-state index in [9.17, 15) is 14.7 Å². The zero-order valence-electron chi connectivity index (χ0n) is 20.0. The lowest BCUT2D eigenvalue weighted by Gasteiger charge is -2.26. The molecule has 1 unspecified atom stereocenters. The molecule has 0 saturated carbocycles. The quantitative estimate of drug-likeness (QED) is 0.386. The summed E-state index contributed by atoms with van der Waals surface area (Å²) in [7, 11) is 3.97. The van der Waals surface area contributed by atoms with E-state index in [1.54, 1.807) is 4.90 Å². The van der Waals surface area contributed by atoms with Crippen molar-refractivity contribution in [3.63, 3.8) is 0 Å². The van der Waals surface area contributed by atoms with Gasteiger partial charge in [-0.2, -0.15) is 0 Å². The van der Waals surface area contributed by atoms with E-state index in [2.05, 4.69) is 18.7 Å². The molecule has 2 aromatic carbocycles. The highest BCUT2D eigenvalue weighted by Gasteiger charge is 2.45. The number of benzene rings is 2. The molecule has 1 amide bonds. The van der Waals surface area contributed by atoms with Gasteiger partial charge in [0.05, 0.1) is 11.6 Å². The van der Waals surface area contributed by atoms with Crippen LogP contribution in [0.1, 0.15) is 60.0 Å². The van der Waals surface area contributed by atoms with Gasteiger partial charge >= 0.3 is 0 Å². The third-order valence-corrected chi connectivity index (χ3v) is 6.11. The fraction of sp³-hybridized carbons (Fsp3) is 0.407. The summed E-state index contributed by atoms with van der Waals surface area (Å²) < 4.78 is 0. The summed E-state index contributed by atoms with van der Waals surface area (Å²) in [6, 6.07) is 13.2. The van der Waals surface area contributed by atoms with Crippen molar-refractivity contribution in [2.45, 2.75) is 46.1 Å². The van der Waals surface area contributed by atoms with E-state index in [0.717, 1.165) is 29.7 Å². The molecule has 0 bridgehead atoms. The maximum absolute atomic E-state index is 13.2. The lowest BCUT2D eigenvalue weighted by Crippen LogP contribution is -2.32. The molecule has 1 atom stereocenters. The number of aliphatic hydroxyl groups excluding tert-OH is 1. The standard InChI is InChI=1S/C27H34N2O3/c1-17(2)20-10-12-21(13-11-20)24-23(25(30)22-16-18(3)8-9-19(22)4)26(31)27(32)29(24)15-7-14-28(5)6/h8-13,16-17,24,30H,7,14-15H2,1-6H3/b25-23+. The number of carbonyl (C=O) groups is 2. The fourth-order valence-electron chi connectivity index (χ4n) is 4.21. The van der Waals surface area contributed by atoms with Crippen LogP contribution in [0.5, 0.6) is 0 Å². The Morgan fingerprint density at radius 2 is 1.72 bits per heavy atom. The second-order valence-corrected chi connectivity index (χ2v) is 9.29. The van der Waals surface area contributed by atoms with Crippen molar-refractivity contribution in [2.24, 2.45) is 0 Å². The van der Waals surface area contributed by atoms with E-state index >= 15 is 0 Å². The molecule has 3 rings (SSSR count). The van der Waals surface area contributed by atoms with Crippen molar-refractivity contribution in [2.75, 3.05) is 27.2 Å². The molecule has 1 N–H and O–H groups in total. The molecule has 0 aromatic heterocycles. The Hall–Kier alpha value is -2.92. The minimum Gasteiger partial charge on any atom is -0.507 e. The van der Waals surface area contributed by atoms with Gasteiger partial charge in [-0.05, 0) is 69.6 Å². The molecule has 170 valence electrons. The average Bonchev–Trinajstić information content (AvgIpc) is 2.99. The summed E-state index contributed by atoms with van der Waals surface area (Å²) in [6.07, 6.45) is 0.740. The van der Waals surface area contributed by atoms with Crippen molar-refractivity contribution in [1.29, 1.82) is 0 Å². The Balaban J connectivity index is 2.13. The number of amides is 1. The molecule has 1 aliphatic rings. The van der Waals surface area contributed by atoms with E-state index in [1.165, 1.54) is 5.56 Å². The van der Waals surface area contributed by atoms with Crippen LogP contribution in [-0.2, 0) is 9.59 Å². The Kier molecular flexibility index (Phi) is 7.19. The van der Waals surface area contributed by atoms with Crippen LogP contribution < -0.4 is 0 Å². The van der Waals surface area contributed by atoms with Gasteiger partial charge in [-0.15, -0.1) is 0 Å². The number of aryl methyl sites for hydroxylation is 2. The number of nitrogens with zero attached hydrogens (tertiary/aromatic N) is 2. The summed E-state index contributed by atoms with van der Waals surface area (Å²) in [4.78, 5) is 29.9. The molecule has 0 spiro atoms. The number of aliphatic hydroxyl groups is 1. The molecular weight excluding hydrogens is 400 g/mol. The highest BCUT2D eigenvalue weighted by atomic mass is 16.3. The number of likely N-dealkylation sites (tertiary alicyclic amines) is 1. The van der Waals surface area contributed by atoms with Crippen LogP contribution >= 0.6 is 0 Å². The highest BCUT2D eigenvalue weighted by molar-refractivity contribution is 6.46. The van der Waals surface area contributed by atoms with Gasteiger partial charge < -0.3 is 14.9 Å². The smallest absolute Gasteiger partial charge is 0.295 e. The highest BCUT2D eigenvalue weighted by Crippen LogP contribution is 2.40. The van der Waals surface area contributed by atoms with Gasteiger partial charge in [-0.25, -0.2) is 0 Å².